The van der Waals surface area contributed by atoms with E-state index >= 15 is 0 Å². The summed E-state index contributed by atoms with van der Waals surface area (Å²) in [7, 11) is 0. The zero-order valence-corrected chi connectivity index (χ0v) is 14.6. The van der Waals surface area contributed by atoms with Gasteiger partial charge in [0.05, 0.1) is 5.25 Å². The van der Waals surface area contributed by atoms with Crippen LogP contribution in [0.25, 0.3) is 0 Å². The van der Waals surface area contributed by atoms with Crippen LogP contribution in [0.3, 0.4) is 0 Å². The van der Waals surface area contributed by atoms with Crippen LogP contribution in [0.5, 0.6) is 0 Å². The fourth-order valence-electron chi connectivity index (χ4n) is 2.81. The molecule has 5 heteroatoms. The van der Waals surface area contributed by atoms with Crippen LogP contribution in [0, 0.1) is 0 Å². The topological polar surface area (TPSA) is 49.4 Å². The third-order valence-electron chi connectivity index (χ3n) is 4.05. The summed E-state index contributed by atoms with van der Waals surface area (Å²) in [4.78, 5) is 26.8. The zero-order valence-electron chi connectivity index (χ0n) is 13.8. The third kappa shape index (κ3) is 3.62. The Hall–Kier alpha value is -2.27. The van der Waals surface area contributed by atoms with Gasteiger partial charge in [0.25, 0.3) is 0 Å². The smallest absolute Gasteiger partial charge is 0.237 e. The number of rotatable bonds is 4. The molecule has 2 aromatic rings. The van der Waals surface area contributed by atoms with E-state index in [2.05, 4.69) is 5.32 Å². The predicted octanol–water partition coefficient (Wildman–Crippen LogP) is 3.71. The van der Waals surface area contributed by atoms with E-state index in [0.29, 0.717) is 6.54 Å². The Balaban J connectivity index is 1.66. The van der Waals surface area contributed by atoms with E-state index in [1.54, 1.807) is 11.8 Å². The van der Waals surface area contributed by atoms with Crippen molar-refractivity contribution >= 4 is 35.0 Å². The molecule has 24 heavy (non-hydrogen) atoms. The van der Waals surface area contributed by atoms with Gasteiger partial charge in [-0.25, -0.2) is 0 Å². The van der Waals surface area contributed by atoms with Crippen molar-refractivity contribution < 1.29 is 9.59 Å². The van der Waals surface area contributed by atoms with E-state index in [0.717, 1.165) is 28.3 Å². The van der Waals surface area contributed by atoms with Crippen LogP contribution in [0.4, 0.5) is 11.4 Å². The van der Waals surface area contributed by atoms with Crippen molar-refractivity contribution in [1.29, 1.82) is 0 Å². The van der Waals surface area contributed by atoms with Crippen LogP contribution in [0.15, 0.2) is 53.4 Å². The third-order valence-corrected chi connectivity index (χ3v) is 5.16. The minimum Gasteiger partial charge on any atom is -0.325 e. The first-order chi connectivity index (χ1) is 11.5. The van der Waals surface area contributed by atoms with Gasteiger partial charge in [-0.15, -0.1) is 11.8 Å². The van der Waals surface area contributed by atoms with Gasteiger partial charge in [0.2, 0.25) is 11.8 Å². The van der Waals surface area contributed by atoms with E-state index in [1.165, 1.54) is 11.8 Å². The van der Waals surface area contributed by atoms with Gasteiger partial charge in [-0.1, -0.05) is 18.2 Å². The molecule has 4 nitrogen and oxygen atoms in total. The molecule has 1 N–H and O–H groups in total. The molecule has 0 saturated carbocycles. The molecule has 1 heterocycles. The number of carbonyl (C=O) groups is 2. The van der Waals surface area contributed by atoms with E-state index in [9.17, 15) is 9.59 Å². The molecular formula is C19H20N2O2S. The Morgan fingerprint density at radius 1 is 1.17 bits per heavy atom. The summed E-state index contributed by atoms with van der Waals surface area (Å²) in [6, 6.07) is 15.6. The molecule has 0 fully saturated rings. The lowest BCUT2D eigenvalue weighted by molar-refractivity contribution is -0.116. The Bertz CT molecular complexity index is 761. The molecule has 2 aromatic carbocycles. The fraction of sp³-hybridized carbons (Fsp3) is 0.263. The van der Waals surface area contributed by atoms with Gasteiger partial charge in [0.1, 0.15) is 0 Å². The summed E-state index contributed by atoms with van der Waals surface area (Å²) in [6.45, 7) is 4.19. The summed E-state index contributed by atoms with van der Waals surface area (Å²) in [5, 5.41) is 2.79. The van der Waals surface area contributed by atoms with Crippen LogP contribution in [-0.2, 0) is 16.0 Å². The molecule has 1 atom stereocenters. The van der Waals surface area contributed by atoms with Crippen LogP contribution in [0.1, 0.15) is 19.4 Å². The number of nitrogens with zero attached hydrogens (tertiary/aromatic N) is 1. The summed E-state index contributed by atoms with van der Waals surface area (Å²) in [5.41, 5.74) is 2.84. The van der Waals surface area contributed by atoms with E-state index < -0.39 is 0 Å². The van der Waals surface area contributed by atoms with Crippen molar-refractivity contribution in [2.45, 2.75) is 30.4 Å². The normalized spacial score (nSPS) is 14.2. The molecule has 2 amide bonds. The highest BCUT2D eigenvalue weighted by Crippen LogP contribution is 2.31. The molecule has 1 unspecified atom stereocenters. The number of hydrogen-bond donors (Lipinski definition) is 1. The summed E-state index contributed by atoms with van der Waals surface area (Å²) < 4.78 is 0. The second-order valence-corrected chi connectivity index (χ2v) is 7.24. The molecule has 0 aliphatic carbocycles. The summed E-state index contributed by atoms with van der Waals surface area (Å²) >= 11 is 1.54. The Labute approximate surface area is 146 Å². The van der Waals surface area contributed by atoms with Crippen molar-refractivity contribution in [3.05, 3.63) is 54.1 Å². The monoisotopic (exact) mass is 340 g/mol. The van der Waals surface area contributed by atoms with Gasteiger partial charge < -0.3 is 10.2 Å². The molecule has 124 valence electrons. The maximum Gasteiger partial charge on any atom is 0.237 e. The minimum absolute atomic E-state index is 0.0229. The van der Waals surface area contributed by atoms with Gasteiger partial charge >= 0.3 is 0 Å². The van der Waals surface area contributed by atoms with Crippen LogP contribution < -0.4 is 10.2 Å². The van der Waals surface area contributed by atoms with Gasteiger partial charge in [-0.2, -0.15) is 0 Å². The maximum absolute atomic E-state index is 12.4. The highest BCUT2D eigenvalue weighted by molar-refractivity contribution is 8.00. The molecule has 0 bridgehead atoms. The Morgan fingerprint density at radius 2 is 1.92 bits per heavy atom. The van der Waals surface area contributed by atoms with Crippen molar-refractivity contribution in [3.8, 4) is 0 Å². The number of thioether (sulfide) groups is 1. The highest BCUT2D eigenvalue weighted by atomic mass is 32.2. The maximum atomic E-state index is 12.4. The average Bonchev–Trinajstić information content (AvgIpc) is 2.99. The van der Waals surface area contributed by atoms with E-state index in [4.69, 9.17) is 0 Å². The number of hydrogen-bond acceptors (Lipinski definition) is 3. The first-order valence-electron chi connectivity index (χ1n) is 7.98. The van der Waals surface area contributed by atoms with Crippen molar-refractivity contribution in [2.75, 3.05) is 16.8 Å². The number of anilines is 2. The van der Waals surface area contributed by atoms with Crippen LogP contribution in [-0.4, -0.2) is 23.6 Å². The average molecular weight is 340 g/mol. The van der Waals surface area contributed by atoms with E-state index in [1.807, 2.05) is 55.5 Å². The fourth-order valence-corrected chi connectivity index (χ4v) is 3.70. The zero-order chi connectivity index (χ0) is 17.1. The standard InChI is InChI=1S/C19H20N2O2S/c1-13(24-17-6-4-3-5-7-17)19(23)20-16-8-9-18-15(12-16)10-11-21(18)14(2)22/h3-9,12-13H,10-11H2,1-2H3,(H,20,23). The van der Waals surface area contributed by atoms with Crippen molar-refractivity contribution in [3.63, 3.8) is 0 Å². The van der Waals surface area contributed by atoms with Crippen molar-refractivity contribution in [2.24, 2.45) is 0 Å². The Morgan fingerprint density at radius 3 is 2.62 bits per heavy atom. The first kappa shape index (κ1) is 16.6. The number of carbonyl (C=O) groups excluding carboxylic acids is 2. The second-order valence-electron chi connectivity index (χ2n) is 5.83. The summed E-state index contributed by atoms with van der Waals surface area (Å²) in [6.07, 6.45) is 0.826. The second kappa shape index (κ2) is 7.09. The lowest BCUT2D eigenvalue weighted by Crippen LogP contribution is -2.25. The van der Waals surface area contributed by atoms with E-state index in [-0.39, 0.29) is 17.1 Å². The van der Waals surface area contributed by atoms with Gasteiger partial charge in [0, 0.05) is 29.7 Å². The molecule has 3 rings (SSSR count). The highest BCUT2D eigenvalue weighted by Gasteiger charge is 2.23. The largest absolute Gasteiger partial charge is 0.325 e. The van der Waals surface area contributed by atoms with Gasteiger partial charge in [-0.3, -0.25) is 9.59 Å². The SMILES string of the molecule is CC(=O)N1CCc2cc(NC(=O)C(C)Sc3ccccc3)ccc21. The number of nitrogens with one attached hydrogen (secondary N) is 1. The number of fused-ring (bicyclic) bond motifs is 1. The molecule has 1 aliphatic heterocycles. The molecular weight excluding hydrogens is 320 g/mol. The molecule has 0 saturated heterocycles. The van der Waals surface area contributed by atoms with Gasteiger partial charge in [0.15, 0.2) is 0 Å². The lowest BCUT2D eigenvalue weighted by atomic mass is 10.1. The summed E-state index contributed by atoms with van der Waals surface area (Å²) in [5.74, 6) is 0.0312. The van der Waals surface area contributed by atoms with Crippen LogP contribution >= 0.6 is 11.8 Å². The Kier molecular flexibility index (Phi) is 4.90. The first-order valence-corrected chi connectivity index (χ1v) is 8.86. The number of benzene rings is 2. The van der Waals surface area contributed by atoms with Crippen molar-refractivity contribution in [1.82, 2.24) is 0 Å². The number of amides is 2. The van der Waals surface area contributed by atoms with Crippen LogP contribution in [0.2, 0.25) is 0 Å². The quantitative estimate of drug-likeness (QED) is 0.863. The van der Waals surface area contributed by atoms with Gasteiger partial charge in [-0.05, 0) is 49.2 Å². The molecule has 1 aliphatic rings. The predicted molar refractivity (Wildman–Crippen MR) is 98.6 cm³/mol. The lowest BCUT2D eigenvalue weighted by Gasteiger charge is -2.16. The molecule has 0 aromatic heterocycles. The minimum atomic E-state index is -0.186. The molecule has 0 radical (unpaired) electrons. The molecule has 0 spiro atoms.